The molecule has 18 heavy (non-hydrogen) atoms. The second-order valence-corrected chi connectivity index (χ2v) is 6.26. The van der Waals surface area contributed by atoms with Gasteiger partial charge in [-0.2, -0.15) is 11.8 Å². The van der Waals surface area contributed by atoms with Crippen molar-refractivity contribution in [3.05, 3.63) is 23.9 Å². The van der Waals surface area contributed by atoms with Gasteiger partial charge >= 0.3 is 0 Å². The van der Waals surface area contributed by atoms with E-state index in [1.54, 1.807) is 0 Å². The molecule has 2 heterocycles. The van der Waals surface area contributed by atoms with Crippen LogP contribution in [0.25, 0.3) is 0 Å². The summed E-state index contributed by atoms with van der Waals surface area (Å²) in [5, 5.41) is 4.01. The van der Waals surface area contributed by atoms with Gasteiger partial charge in [-0.05, 0) is 25.6 Å². The maximum absolute atomic E-state index is 4.77. The van der Waals surface area contributed by atoms with Gasteiger partial charge in [0.25, 0.3) is 0 Å². The van der Waals surface area contributed by atoms with Gasteiger partial charge in [-0.15, -0.1) is 0 Å². The summed E-state index contributed by atoms with van der Waals surface area (Å²) in [7, 11) is 0. The first-order chi connectivity index (χ1) is 8.72. The molecular weight excluding hydrogens is 242 g/mol. The van der Waals surface area contributed by atoms with Crippen molar-refractivity contribution in [3.8, 4) is 0 Å². The summed E-state index contributed by atoms with van der Waals surface area (Å²) < 4.78 is 0. The number of hydrogen-bond acceptors (Lipinski definition) is 4. The van der Waals surface area contributed by atoms with Crippen LogP contribution in [-0.4, -0.2) is 35.1 Å². The molecule has 100 valence electrons. The number of aromatic nitrogens is 1. The van der Waals surface area contributed by atoms with Gasteiger partial charge in [0, 0.05) is 30.1 Å². The summed E-state index contributed by atoms with van der Waals surface area (Å²) in [5.74, 6) is 2.33. The average Bonchev–Trinajstić information content (AvgIpc) is 2.40. The van der Waals surface area contributed by atoms with E-state index < -0.39 is 0 Å². The lowest BCUT2D eigenvalue weighted by molar-refractivity contribution is 0.617. The predicted octanol–water partition coefficient (Wildman–Crippen LogP) is 2.52. The SMILES string of the molecule is CCNCc1cccc(N2CCSC(C)C2C)n1. The molecule has 4 heteroatoms. The van der Waals surface area contributed by atoms with Crippen LogP contribution in [-0.2, 0) is 6.54 Å². The quantitative estimate of drug-likeness (QED) is 0.905. The minimum atomic E-state index is 0.561. The molecule has 1 aliphatic heterocycles. The molecule has 0 bridgehead atoms. The Hall–Kier alpha value is -0.740. The van der Waals surface area contributed by atoms with Crippen LogP contribution in [0.4, 0.5) is 5.82 Å². The Labute approximate surface area is 114 Å². The highest BCUT2D eigenvalue weighted by molar-refractivity contribution is 8.00. The molecule has 2 rings (SSSR count). The van der Waals surface area contributed by atoms with Gasteiger partial charge in [-0.1, -0.05) is 19.9 Å². The summed E-state index contributed by atoms with van der Waals surface area (Å²) >= 11 is 2.06. The molecule has 2 atom stereocenters. The molecule has 0 saturated carbocycles. The molecule has 2 unspecified atom stereocenters. The second kappa shape index (κ2) is 6.43. The average molecular weight is 265 g/mol. The fraction of sp³-hybridized carbons (Fsp3) is 0.643. The van der Waals surface area contributed by atoms with E-state index in [0.29, 0.717) is 11.3 Å². The monoisotopic (exact) mass is 265 g/mol. The van der Waals surface area contributed by atoms with Crippen molar-refractivity contribution in [2.75, 3.05) is 23.7 Å². The third-order valence-corrected chi connectivity index (χ3v) is 4.86. The van der Waals surface area contributed by atoms with Crippen LogP contribution in [0.15, 0.2) is 18.2 Å². The number of nitrogens with zero attached hydrogens (tertiary/aromatic N) is 2. The van der Waals surface area contributed by atoms with Gasteiger partial charge in [0.15, 0.2) is 0 Å². The number of pyridine rings is 1. The highest BCUT2D eigenvalue weighted by Gasteiger charge is 2.26. The summed E-state index contributed by atoms with van der Waals surface area (Å²) in [4.78, 5) is 7.21. The van der Waals surface area contributed by atoms with E-state index in [1.165, 1.54) is 5.75 Å². The minimum Gasteiger partial charge on any atom is -0.352 e. The van der Waals surface area contributed by atoms with Crippen molar-refractivity contribution in [1.29, 1.82) is 0 Å². The minimum absolute atomic E-state index is 0.561. The van der Waals surface area contributed by atoms with Crippen LogP contribution in [0.1, 0.15) is 26.5 Å². The van der Waals surface area contributed by atoms with E-state index in [0.717, 1.165) is 31.1 Å². The lowest BCUT2D eigenvalue weighted by atomic mass is 10.2. The third-order valence-electron chi connectivity index (χ3n) is 3.53. The standard InChI is InChI=1S/C14H23N3S/c1-4-15-10-13-6-5-7-14(16-13)17-8-9-18-12(3)11(17)2/h5-7,11-12,15H,4,8-10H2,1-3H3. The zero-order valence-corrected chi connectivity index (χ0v) is 12.3. The number of rotatable bonds is 4. The van der Waals surface area contributed by atoms with Gasteiger partial charge in [0.2, 0.25) is 0 Å². The fourth-order valence-electron chi connectivity index (χ4n) is 2.23. The molecule has 3 nitrogen and oxygen atoms in total. The van der Waals surface area contributed by atoms with Crippen molar-refractivity contribution in [1.82, 2.24) is 10.3 Å². The van der Waals surface area contributed by atoms with Crippen LogP contribution in [0.2, 0.25) is 0 Å². The van der Waals surface area contributed by atoms with E-state index >= 15 is 0 Å². The highest BCUT2D eigenvalue weighted by atomic mass is 32.2. The van der Waals surface area contributed by atoms with E-state index in [4.69, 9.17) is 4.98 Å². The Bertz CT molecular complexity index is 383. The molecule has 1 aromatic rings. The summed E-state index contributed by atoms with van der Waals surface area (Å²) in [6, 6.07) is 6.91. The zero-order chi connectivity index (χ0) is 13.0. The van der Waals surface area contributed by atoms with Crippen molar-refractivity contribution < 1.29 is 0 Å². The third kappa shape index (κ3) is 3.18. The largest absolute Gasteiger partial charge is 0.352 e. The Morgan fingerprint density at radius 1 is 1.44 bits per heavy atom. The molecule has 1 aromatic heterocycles. The van der Waals surface area contributed by atoms with Crippen molar-refractivity contribution in [2.45, 2.75) is 38.6 Å². The van der Waals surface area contributed by atoms with E-state index in [2.05, 4.69) is 60.9 Å². The second-order valence-electron chi connectivity index (χ2n) is 4.78. The Kier molecular flexibility index (Phi) is 4.89. The Balaban J connectivity index is 2.11. The van der Waals surface area contributed by atoms with Crippen LogP contribution >= 0.6 is 11.8 Å². The summed E-state index contributed by atoms with van der Waals surface area (Å²) in [6.45, 7) is 9.68. The number of thioether (sulfide) groups is 1. The maximum Gasteiger partial charge on any atom is 0.129 e. The van der Waals surface area contributed by atoms with Crippen molar-refractivity contribution in [3.63, 3.8) is 0 Å². The predicted molar refractivity (Wildman–Crippen MR) is 80.3 cm³/mol. The van der Waals surface area contributed by atoms with Crippen LogP contribution in [0.3, 0.4) is 0 Å². The topological polar surface area (TPSA) is 28.2 Å². The first-order valence-corrected chi connectivity index (χ1v) is 7.82. The van der Waals surface area contributed by atoms with Gasteiger partial charge in [-0.3, -0.25) is 0 Å². The molecule has 1 N–H and O–H groups in total. The molecule has 0 amide bonds. The highest BCUT2D eigenvalue weighted by Crippen LogP contribution is 2.27. The molecule has 1 aliphatic rings. The van der Waals surface area contributed by atoms with E-state index in [9.17, 15) is 0 Å². The molecule has 0 aliphatic carbocycles. The van der Waals surface area contributed by atoms with Crippen molar-refractivity contribution in [2.24, 2.45) is 0 Å². The molecule has 1 fully saturated rings. The maximum atomic E-state index is 4.77. The van der Waals surface area contributed by atoms with Crippen LogP contribution in [0, 0.1) is 0 Å². The first-order valence-electron chi connectivity index (χ1n) is 6.77. The molecule has 0 aromatic carbocycles. The van der Waals surface area contributed by atoms with Gasteiger partial charge in [0.05, 0.1) is 5.69 Å². The van der Waals surface area contributed by atoms with E-state index in [1.807, 2.05) is 0 Å². The molecule has 0 radical (unpaired) electrons. The van der Waals surface area contributed by atoms with Gasteiger partial charge in [0.1, 0.15) is 5.82 Å². The fourth-order valence-corrected chi connectivity index (χ4v) is 3.33. The number of nitrogens with one attached hydrogen (secondary N) is 1. The smallest absolute Gasteiger partial charge is 0.129 e. The Morgan fingerprint density at radius 2 is 2.28 bits per heavy atom. The van der Waals surface area contributed by atoms with E-state index in [-0.39, 0.29) is 0 Å². The van der Waals surface area contributed by atoms with Gasteiger partial charge < -0.3 is 10.2 Å². The van der Waals surface area contributed by atoms with Crippen LogP contribution in [0.5, 0.6) is 0 Å². The number of hydrogen-bond donors (Lipinski definition) is 1. The van der Waals surface area contributed by atoms with Crippen LogP contribution < -0.4 is 10.2 Å². The molecule has 0 spiro atoms. The lowest BCUT2D eigenvalue weighted by Crippen LogP contribution is -2.45. The number of anilines is 1. The summed E-state index contributed by atoms with van der Waals surface area (Å²) in [5.41, 5.74) is 1.13. The zero-order valence-electron chi connectivity index (χ0n) is 11.5. The Morgan fingerprint density at radius 3 is 3.06 bits per heavy atom. The normalized spacial score (nSPS) is 24.3. The molecular formula is C14H23N3S. The molecule has 1 saturated heterocycles. The van der Waals surface area contributed by atoms with Gasteiger partial charge in [-0.25, -0.2) is 4.98 Å². The van der Waals surface area contributed by atoms with Crippen molar-refractivity contribution >= 4 is 17.6 Å². The lowest BCUT2D eigenvalue weighted by Gasteiger charge is -2.38. The first kappa shape index (κ1) is 13.7. The summed E-state index contributed by atoms with van der Waals surface area (Å²) in [6.07, 6.45) is 0.